The Morgan fingerprint density at radius 3 is 2.41 bits per heavy atom. The molecule has 6 unspecified atom stereocenters. The van der Waals surface area contributed by atoms with Gasteiger partial charge in [-0.15, -0.1) is 11.6 Å². The summed E-state index contributed by atoms with van der Waals surface area (Å²) in [7, 11) is 7.18. The molecule has 8 heteroatoms. The van der Waals surface area contributed by atoms with Gasteiger partial charge in [-0.3, -0.25) is 0 Å². The van der Waals surface area contributed by atoms with E-state index in [2.05, 4.69) is 22.5 Å². The van der Waals surface area contributed by atoms with Crippen LogP contribution in [0.25, 0.3) is 10.4 Å². The first-order valence-electron chi connectivity index (χ1n) is 5.31. The third-order valence-corrected chi connectivity index (χ3v) is 8.82. The normalized spacial score (nSPS) is 43.7. The molecular weight excluding hydrogens is 314 g/mol. The van der Waals surface area contributed by atoms with Crippen LogP contribution in [0, 0.1) is 11.8 Å². The highest BCUT2D eigenvalue weighted by Gasteiger charge is 2.57. The van der Waals surface area contributed by atoms with E-state index in [0.717, 1.165) is 6.42 Å². The first-order chi connectivity index (χ1) is 8.24. The van der Waals surface area contributed by atoms with Crippen LogP contribution in [-0.2, 0) is 0 Å². The lowest BCUT2D eigenvalue weighted by Crippen LogP contribution is -2.41. The van der Waals surface area contributed by atoms with Crippen molar-refractivity contribution in [1.82, 2.24) is 0 Å². The Morgan fingerprint density at radius 1 is 1.18 bits per heavy atom. The molecule has 2 rings (SSSR count). The molecule has 2 fully saturated rings. The SMILES string of the molecule is CSSC1C(Cl)C2CC1C(N=[N+]=[N-])C2SSC. The monoisotopic (exact) mass is 327 g/mol. The lowest BCUT2D eigenvalue weighted by molar-refractivity contribution is 0.446. The minimum Gasteiger partial charge on any atom is -0.121 e. The van der Waals surface area contributed by atoms with Gasteiger partial charge in [0.1, 0.15) is 0 Å². The molecule has 2 saturated carbocycles. The molecule has 0 spiro atoms. The van der Waals surface area contributed by atoms with Gasteiger partial charge >= 0.3 is 0 Å². The lowest BCUT2D eigenvalue weighted by atomic mass is 9.94. The van der Waals surface area contributed by atoms with Crippen LogP contribution in [0.15, 0.2) is 5.11 Å². The van der Waals surface area contributed by atoms with Crippen molar-refractivity contribution in [2.75, 3.05) is 12.5 Å². The van der Waals surface area contributed by atoms with E-state index in [4.69, 9.17) is 17.1 Å². The maximum atomic E-state index is 8.72. The van der Waals surface area contributed by atoms with E-state index < -0.39 is 0 Å². The maximum absolute atomic E-state index is 8.72. The topological polar surface area (TPSA) is 48.8 Å². The van der Waals surface area contributed by atoms with Gasteiger partial charge < -0.3 is 0 Å². The van der Waals surface area contributed by atoms with Gasteiger partial charge in [-0.05, 0) is 36.3 Å². The molecule has 0 saturated heterocycles. The van der Waals surface area contributed by atoms with Crippen LogP contribution in [0.5, 0.6) is 0 Å². The molecule has 0 aromatic rings. The highest BCUT2D eigenvalue weighted by atomic mass is 35.5. The van der Waals surface area contributed by atoms with Crippen molar-refractivity contribution in [2.24, 2.45) is 17.0 Å². The van der Waals surface area contributed by atoms with Crippen LogP contribution < -0.4 is 0 Å². The maximum Gasteiger partial charge on any atom is 0.0544 e. The number of alkyl halides is 1. The van der Waals surface area contributed by atoms with E-state index in [0.29, 0.717) is 22.3 Å². The fourth-order valence-corrected chi connectivity index (χ4v) is 8.61. The minimum absolute atomic E-state index is 0.127. The van der Waals surface area contributed by atoms with Gasteiger partial charge in [-0.2, -0.15) is 0 Å². The fourth-order valence-electron chi connectivity index (χ4n) is 2.89. The van der Waals surface area contributed by atoms with E-state index in [1.165, 1.54) is 0 Å². The molecule has 2 aliphatic carbocycles. The first-order valence-corrected chi connectivity index (χ1v) is 11.0. The Bertz CT molecular complexity index is 325. The van der Waals surface area contributed by atoms with Gasteiger partial charge in [0.25, 0.3) is 0 Å². The van der Waals surface area contributed by atoms with Crippen LogP contribution in [0.3, 0.4) is 0 Å². The second-order valence-corrected chi connectivity index (χ2v) is 9.96. The fraction of sp³-hybridized carbons (Fsp3) is 1.00. The number of nitrogens with zero attached hydrogens (tertiary/aromatic N) is 3. The first kappa shape index (κ1) is 14.4. The molecule has 0 aromatic heterocycles. The predicted octanol–water partition coefficient (Wildman–Crippen LogP) is 4.68. The number of halogens is 1. The van der Waals surface area contributed by atoms with Crippen molar-refractivity contribution in [3.8, 4) is 0 Å². The van der Waals surface area contributed by atoms with E-state index in [1.54, 1.807) is 21.6 Å². The van der Waals surface area contributed by atoms with Gasteiger partial charge in [-0.1, -0.05) is 48.3 Å². The van der Waals surface area contributed by atoms with Crippen molar-refractivity contribution in [1.29, 1.82) is 0 Å². The van der Waals surface area contributed by atoms with E-state index >= 15 is 0 Å². The van der Waals surface area contributed by atoms with Gasteiger partial charge in [0, 0.05) is 15.4 Å². The zero-order chi connectivity index (χ0) is 12.4. The van der Waals surface area contributed by atoms with Gasteiger partial charge in [0.2, 0.25) is 0 Å². The summed E-state index contributed by atoms with van der Waals surface area (Å²) in [6.45, 7) is 0. The molecule has 0 aromatic carbocycles. The average Bonchev–Trinajstić information content (AvgIpc) is 2.80. The zero-order valence-electron chi connectivity index (χ0n) is 9.52. The minimum atomic E-state index is 0.127. The highest BCUT2D eigenvalue weighted by molar-refractivity contribution is 8.77. The van der Waals surface area contributed by atoms with Crippen LogP contribution in [0.1, 0.15) is 6.42 Å². The summed E-state index contributed by atoms with van der Waals surface area (Å²) in [5.41, 5.74) is 8.72. The van der Waals surface area contributed by atoms with E-state index in [9.17, 15) is 0 Å². The highest BCUT2D eigenvalue weighted by Crippen LogP contribution is 2.59. The van der Waals surface area contributed by atoms with Crippen molar-refractivity contribution >= 4 is 54.8 Å². The van der Waals surface area contributed by atoms with E-state index in [-0.39, 0.29) is 11.4 Å². The number of hydrogen-bond acceptors (Lipinski definition) is 5. The van der Waals surface area contributed by atoms with Crippen molar-refractivity contribution < 1.29 is 0 Å². The number of hydrogen-bond donors (Lipinski definition) is 0. The van der Waals surface area contributed by atoms with Crippen LogP contribution in [0.2, 0.25) is 0 Å². The second kappa shape index (κ2) is 6.44. The van der Waals surface area contributed by atoms with Crippen LogP contribution in [0.4, 0.5) is 0 Å². The van der Waals surface area contributed by atoms with Crippen molar-refractivity contribution in [2.45, 2.75) is 28.3 Å². The number of fused-ring (bicyclic) bond motifs is 2. The second-order valence-electron chi connectivity index (χ2n) is 4.16. The quantitative estimate of drug-likeness (QED) is 0.242. The number of rotatable bonds is 5. The van der Waals surface area contributed by atoms with Gasteiger partial charge in [0.15, 0.2) is 0 Å². The zero-order valence-corrected chi connectivity index (χ0v) is 13.5. The summed E-state index contributed by atoms with van der Waals surface area (Å²) in [6.07, 6.45) is 5.27. The van der Waals surface area contributed by atoms with E-state index in [1.807, 2.05) is 21.6 Å². The third-order valence-electron chi connectivity index (χ3n) is 3.49. The van der Waals surface area contributed by atoms with Crippen LogP contribution in [-0.4, -0.2) is 34.4 Å². The lowest BCUT2D eigenvalue weighted by Gasteiger charge is -2.34. The smallest absolute Gasteiger partial charge is 0.0544 e. The molecule has 6 atom stereocenters. The Hall–Kier alpha value is 1.000. The molecule has 0 heterocycles. The van der Waals surface area contributed by atoms with Gasteiger partial charge in [-0.25, -0.2) is 0 Å². The Kier molecular flexibility index (Phi) is 5.46. The van der Waals surface area contributed by atoms with Gasteiger partial charge in [0.05, 0.1) is 11.4 Å². The molecule has 0 radical (unpaired) electrons. The van der Waals surface area contributed by atoms with Crippen LogP contribution >= 0.6 is 54.8 Å². The third kappa shape index (κ3) is 2.65. The standard InChI is InChI=1S/C9H14ClN3S4/c1-14-16-8-5-3-4(6(8)10)9(17-15-2)7(5)12-13-11/h4-9H,3H2,1-2H3. The average molecular weight is 328 g/mol. The molecule has 96 valence electrons. The summed E-state index contributed by atoms with van der Waals surface area (Å²) < 4.78 is 0. The summed E-state index contributed by atoms with van der Waals surface area (Å²) >= 11 is 6.56. The molecule has 2 aliphatic rings. The molecule has 2 bridgehead atoms. The molecule has 0 amide bonds. The van der Waals surface area contributed by atoms with Crippen molar-refractivity contribution in [3.63, 3.8) is 0 Å². The Morgan fingerprint density at radius 2 is 1.82 bits per heavy atom. The Labute approximate surface area is 122 Å². The largest absolute Gasteiger partial charge is 0.121 e. The predicted molar refractivity (Wildman–Crippen MR) is 84.0 cm³/mol. The summed E-state index contributed by atoms with van der Waals surface area (Å²) in [6, 6.07) is 0.127. The molecular formula is C9H14ClN3S4. The molecule has 17 heavy (non-hydrogen) atoms. The molecule has 0 N–H and O–H groups in total. The summed E-state index contributed by atoms with van der Waals surface area (Å²) in [4.78, 5) is 3.03. The molecule has 3 nitrogen and oxygen atoms in total. The molecule has 0 aliphatic heterocycles. The summed E-state index contributed by atoms with van der Waals surface area (Å²) in [5.74, 6) is 0.958. The Balaban J connectivity index is 2.17. The number of azide groups is 1. The summed E-state index contributed by atoms with van der Waals surface area (Å²) in [5, 5.41) is 5.10. The van der Waals surface area contributed by atoms with Crippen molar-refractivity contribution in [3.05, 3.63) is 10.4 Å².